The van der Waals surface area contributed by atoms with Crippen LogP contribution >= 0.6 is 0 Å². The molecule has 0 radical (unpaired) electrons. The van der Waals surface area contributed by atoms with Gasteiger partial charge in [-0.1, -0.05) is 6.92 Å². The van der Waals surface area contributed by atoms with Crippen molar-refractivity contribution in [1.82, 2.24) is 15.1 Å². The molecule has 0 fully saturated rings. The molecule has 0 aliphatic carbocycles. The van der Waals surface area contributed by atoms with E-state index in [9.17, 15) is 4.79 Å². The van der Waals surface area contributed by atoms with Crippen molar-refractivity contribution in [1.29, 1.82) is 0 Å². The fourth-order valence-electron chi connectivity index (χ4n) is 2.15. The first-order valence-corrected chi connectivity index (χ1v) is 6.60. The standard InChI is InChI=1S/C13H29N3O2/c1-7-16(11(2)10-15(4)5)9-8-12(14-3)13(17)18-6/h11-12,14H,7-10H2,1-6H3. The average Bonchev–Trinajstić information content (AvgIpc) is 2.33. The van der Waals surface area contributed by atoms with Crippen LogP contribution in [-0.4, -0.2) is 75.7 Å². The molecular formula is C13H29N3O2. The van der Waals surface area contributed by atoms with E-state index in [2.05, 4.69) is 43.1 Å². The molecule has 0 rings (SSSR count). The highest BCUT2D eigenvalue weighted by Gasteiger charge is 2.19. The third-order valence-electron chi connectivity index (χ3n) is 3.20. The molecule has 0 aliphatic heterocycles. The number of methoxy groups -OCH3 is 1. The van der Waals surface area contributed by atoms with E-state index in [4.69, 9.17) is 4.74 Å². The minimum absolute atomic E-state index is 0.186. The zero-order valence-corrected chi connectivity index (χ0v) is 12.7. The number of nitrogens with one attached hydrogen (secondary N) is 1. The molecule has 5 nitrogen and oxygen atoms in total. The van der Waals surface area contributed by atoms with Crippen LogP contribution in [0, 0.1) is 0 Å². The van der Waals surface area contributed by atoms with Crippen LogP contribution in [0.25, 0.3) is 0 Å². The number of nitrogens with zero attached hydrogens (tertiary/aromatic N) is 2. The van der Waals surface area contributed by atoms with Crippen molar-refractivity contribution < 1.29 is 9.53 Å². The van der Waals surface area contributed by atoms with Gasteiger partial charge in [-0.05, 0) is 41.0 Å². The topological polar surface area (TPSA) is 44.8 Å². The summed E-state index contributed by atoms with van der Waals surface area (Å²) in [5.74, 6) is -0.186. The molecule has 0 aromatic rings. The molecule has 2 unspecified atom stereocenters. The molecule has 2 atom stereocenters. The first-order valence-electron chi connectivity index (χ1n) is 6.60. The van der Waals surface area contributed by atoms with Gasteiger partial charge in [-0.2, -0.15) is 0 Å². The minimum Gasteiger partial charge on any atom is -0.468 e. The maximum Gasteiger partial charge on any atom is 0.322 e. The van der Waals surface area contributed by atoms with Crippen molar-refractivity contribution in [2.24, 2.45) is 0 Å². The Morgan fingerprint density at radius 1 is 1.39 bits per heavy atom. The van der Waals surface area contributed by atoms with Crippen LogP contribution in [0.15, 0.2) is 0 Å². The Labute approximate surface area is 111 Å². The minimum atomic E-state index is -0.212. The molecule has 108 valence electrons. The molecule has 0 heterocycles. The molecule has 0 aromatic heterocycles. The van der Waals surface area contributed by atoms with Gasteiger partial charge in [0.25, 0.3) is 0 Å². The Hall–Kier alpha value is -0.650. The first kappa shape index (κ1) is 17.4. The Balaban J connectivity index is 4.23. The molecule has 0 aliphatic rings. The molecular weight excluding hydrogens is 230 g/mol. The number of hydrogen-bond acceptors (Lipinski definition) is 5. The van der Waals surface area contributed by atoms with Crippen molar-refractivity contribution in [2.75, 3.05) is 47.9 Å². The van der Waals surface area contributed by atoms with E-state index >= 15 is 0 Å². The van der Waals surface area contributed by atoms with Gasteiger partial charge in [0.15, 0.2) is 0 Å². The zero-order valence-electron chi connectivity index (χ0n) is 12.7. The van der Waals surface area contributed by atoms with Gasteiger partial charge < -0.3 is 15.0 Å². The van der Waals surface area contributed by atoms with Gasteiger partial charge in [0.1, 0.15) is 6.04 Å². The van der Waals surface area contributed by atoms with Crippen LogP contribution < -0.4 is 5.32 Å². The largest absolute Gasteiger partial charge is 0.468 e. The molecule has 5 heteroatoms. The van der Waals surface area contributed by atoms with Gasteiger partial charge in [-0.3, -0.25) is 9.69 Å². The fraction of sp³-hybridized carbons (Fsp3) is 0.923. The van der Waals surface area contributed by atoms with E-state index in [1.807, 2.05) is 0 Å². The van der Waals surface area contributed by atoms with Gasteiger partial charge in [-0.15, -0.1) is 0 Å². The van der Waals surface area contributed by atoms with Crippen molar-refractivity contribution in [3.05, 3.63) is 0 Å². The lowest BCUT2D eigenvalue weighted by molar-refractivity contribution is -0.143. The summed E-state index contributed by atoms with van der Waals surface area (Å²) in [4.78, 5) is 16.0. The molecule has 0 saturated carbocycles. The Kier molecular flexibility index (Phi) is 8.97. The quantitative estimate of drug-likeness (QED) is 0.608. The van der Waals surface area contributed by atoms with Gasteiger partial charge in [0.2, 0.25) is 0 Å². The maximum atomic E-state index is 11.5. The highest BCUT2D eigenvalue weighted by atomic mass is 16.5. The number of carbonyl (C=O) groups excluding carboxylic acids is 1. The van der Waals surface area contributed by atoms with Gasteiger partial charge in [0.05, 0.1) is 7.11 Å². The van der Waals surface area contributed by atoms with Crippen LogP contribution in [0.2, 0.25) is 0 Å². The summed E-state index contributed by atoms with van der Waals surface area (Å²) in [6, 6.07) is 0.274. The van der Waals surface area contributed by atoms with Crippen molar-refractivity contribution in [2.45, 2.75) is 32.4 Å². The fourth-order valence-corrected chi connectivity index (χ4v) is 2.15. The lowest BCUT2D eigenvalue weighted by atomic mass is 10.1. The molecule has 0 bridgehead atoms. The summed E-state index contributed by atoms with van der Waals surface area (Å²) in [5, 5.41) is 3.00. The summed E-state index contributed by atoms with van der Waals surface area (Å²) in [6.45, 7) is 7.28. The van der Waals surface area contributed by atoms with E-state index < -0.39 is 0 Å². The average molecular weight is 259 g/mol. The molecule has 1 N–H and O–H groups in total. The predicted molar refractivity (Wildman–Crippen MR) is 74.7 cm³/mol. The molecule has 0 amide bonds. The van der Waals surface area contributed by atoms with E-state index in [1.54, 1.807) is 7.05 Å². The van der Waals surface area contributed by atoms with Crippen molar-refractivity contribution in [3.63, 3.8) is 0 Å². The molecule has 0 aromatic carbocycles. The Bertz CT molecular complexity index is 234. The second kappa shape index (κ2) is 9.30. The third-order valence-corrected chi connectivity index (χ3v) is 3.20. The van der Waals surface area contributed by atoms with E-state index in [-0.39, 0.29) is 12.0 Å². The summed E-state index contributed by atoms with van der Waals surface area (Å²) < 4.78 is 4.77. The van der Waals surface area contributed by atoms with Gasteiger partial charge in [0, 0.05) is 19.1 Å². The molecule has 18 heavy (non-hydrogen) atoms. The third kappa shape index (κ3) is 6.33. The van der Waals surface area contributed by atoms with E-state index in [1.165, 1.54) is 7.11 Å². The Morgan fingerprint density at radius 3 is 2.39 bits per heavy atom. The highest BCUT2D eigenvalue weighted by Crippen LogP contribution is 2.04. The second-order valence-electron chi connectivity index (χ2n) is 4.89. The van der Waals surface area contributed by atoms with Crippen molar-refractivity contribution >= 4 is 5.97 Å². The highest BCUT2D eigenvalue weighted by molar-refractivity contribution is 5.75. The number of rotatable bonds is 9. The maximum absolute atomic E-state index is 11.5. The summed E-state index contributed by atoms with van der Waals surface area (Å²) in [6.07, 6.45) is 0.773. The van der Waals surface area contributed by atoms with Gasteiger partial charge in [-0.25, -0.2) is 0 Å². The van der Waals surface area contributed by atoms with Crippen LogP contribution in [-0.2, 0) is 9.53 Å². The summed E-state index contributed by atoms with van der Waals surface area (Å²) in [5.41, 5.74) is 0. The number of esters is 1. The number of carbonyl (C=O) groups is 1. The van der Waals surface area contributed by atoms with Crippen LogP contribution in [0.5, 0.6) is 0 Å². The van der Waals surface area contributed by atoms with E-state index in [0.29, 0.717) is 6.04 Å². The predicted octanol–water partition coefficient (Wildman–Crippen LogP) is 0.410. The Morgan fingerprint density at radius 2 is 2.00 bits per heavy atom. The lowest BCUT2D eigenvalue weighted by Crippen LogP contribution is -2.44. The summed E-state index contributed by atoms with van der Waals surface area (Å²) >= 11 is 0. The second-order valence-corrected chi connectivity index (χ2v) is 4.89. The molecule has 0 spiro atoms. The first-order chi connectivity index (χ1) is 8.46. The van der Waals surface area contributed by atoms with Crippen LogP contribution in [0.1, 0.15) is 20.3 Å². The SMILES string of the molecule is CCN(CCC(NC)C(=O)OC)C(C)CN(C)C. The van der Waals surface area contributed by atoms with Crippen LogP contribution in [0.4, 0.5) is 0 Å². The zero-order chi connectivity index (χ0) is 14.1. The smallest absolute Gasteiger partial charge is 0.322 e. The van der Waals surface area contributed by atoms with Crippen molar-refractivity contribution in [3.8, 4) is 0 Å². The lowest BCUT2D eigenvalue weighted by Gasteiger charge is -2.30. The van der Waals surface area contributed by atoms with E-state index in [0.717, 1.165) is 26.1 Å². The number of likely N-dealkylation sites (N-methyl/N-ethyl adjacent to an activating group) is 3. The monoisotopic (exact) mass is 259 g/mol. The van der Waals surface area contributed by atoms with Gasteiger partial charge >= 0.3 is 5.97 Å². The molecule has 0 saturated heterocycles. The number of hydrogen-bond donors (Lipinski definition) is 1. The number of ether oxygens (including phenoxy) is 1. The normalized spacial score (nSPS) is 14.9. The van der Waals surface area contributed by atoms with Crippen LogP contribution in [0.3, 0.4) is 0 Å². The summed E-state index contributed by atoms with van der Waals surface area (Å²) in [7, 11) is 7.38.